The molecule has 114 valence electrons. The molecule has 0 bridgehead atoms. The maximum Gasteiger partial charge on any atom is 0.241 e. The molecule has 21 heavy (non-hydrogen) atoms. The van der Waals surface area contributed by atoms with E-state index in [0.29, 0.717) is 11.6 Å². The van der Waals surface area contributed by atoms with E-state index in [1.165, 1.54) is 18.3 Å². The van der Waals surface area contributed by atoms with E-state index in [1.807, 2.05) is 14.0 Å². The lowest BCUT2D eigenvalue weighted by Crippen LogP contribution is -2.25. The average molecular weight is 309 g/mol. The molecule has 0 aliphatic carbocycles. The van der Waals surface area contributed by atoms with E-state index in [9.17, 15) is 8.42 Å². The summed E-state index contributed by atoms with van der Waals surface area (Å²) in [6.45, 7) is 2.92. The topological polar surface area (TPSA) is 88.9 Å². The van der Waals surface area contributed by atoms with Gasteiger partial charge in [-0.25, -0.2) is 23.1 Å². The SMILES string of the molecule is CCCNc1cc(S(=O)(=O)NCc2nccn2C)ccn1. The van der Waals surface area contributed by atoms with Crippen LogP contribution in [0.5, 0.6) is 0 Å². The number of rotatable bonds is 7. The Morgan fingerprint density at radius 2 is 2.10 bits per heavy atom. The lowest BCUT2D eigenvalue weighted by Gasteiger charge is -2.09. The number of anilines is 1. The molecular formula is C13H19N5O2S. The molecule has 0 saturated carbocycles. The van der Waals surface area contributed by atoms with Crippen molar-refractivity contribution in [2.45, 2.75) is 24.8 Å². The smallest absolute Gasteiger partial charge is 0.241 e. The van der Waals surface area contributed by atoms with Crippen molar-refractivity contribution in [3.8, 4) is 0 Å². The summed E-state index contributed by atoms with van der Waals surface area (Å²) in [6, 6.07) is 2.99. The maximum absolute atomic E-state index is 12.3. The van der Waals surface area contributed by atoms with Gasteiger partial charge in [-0.2, -0.15) is 0 Å². The van der Waals surface area contributed by atoms with Crippen molar-refractivity contribution >= 4 is 15.8 Å². The Kier molecular flexibility index (Phi) is 4.92. The van der Waals surface area contributed by atoms with Crippen LogP contribution in [-0.2, 0) is 23.6 Å². The molecule has 0 aromatic carbocycles. The highest BCUT2D eigenvalue weighted by Crippen LogP contribution is 2.13. The molecule has 0 aliphatic heterocycles. The summed E-state index contributed by atoms with van der Waals surface area (Å²) in [5.41, 5.74) is 0. The molecule has 2 N–H and O–H groups in total. The molecule has 0 fully saturated rings. The highest BCUT2D eigenvalue weighted by atomic mass is 32.2. The first-order chi connectivity index (χ1) is 10.0. The molecule has 0 saturated heterocycles. The fourth-order valence-electron chi connectivity index (χ4n) is 1.74. The van der Waals surface area contributed by atoms with E-state index >= 15 is 0 Å². The summed E-state index contributed by atoms with van der Waals surface area (Å²) in [5.74, 6) is 1.20. The molecule has 2 rings (SSSR count). The van der Waals surface area contributed by atoms with Crippen LogP contribution in [0.1, 0.15) is 19.2 Å². The van der Waals surface area contributed by atoms with Crippen molar-refractivity contribution in [2.75, 3.05) is 11.9 Å². The molecule has 0 amide bonds. The van der Waals surface area contributed by atoms with Gasteiger partial charge in [0.1, 0.15) is 11.6 Å². The van der Waals surface area contributed by atoms with Crippen LogP contribution < -0.4 is 10.0 Å². The fraction of sp³-hybridized carbons (Fsp3) is 0.385. The highest BCUT2D eigenvalue weighted by Gasteiger charge is 2.15. The van der Waals surface area contributed by atoms with Crippen LogP contribution in [-0.4, -0.2) is 29.5 Å². The van der Waals surface area contributed by atoms with Crippen LogP contribution in [0.4, 0.5) is 5.82 Å². The van der Waals surface area contributed by atoms with Gasteiger partial charge in [0.05, 0.1) is 11.4 Å². The third-order valence-corrected chi connectivity index (χ3v) is 4.34. The van der Waals surface area contributed by atoms with Gasteiger partial charge in [-0.15, -0.1) is 0 Å². The number of aryl methyl sites for hydroxylation is 1. The first-order valence-electron chi connectivity index (χ1n) is 6.68. The predicted octanol–water partition coefficient (Wildman–Crippen LogP) is 1.12. The van der Waals surface area contributed by atoms with Gasteiger partial charge in [0.25, 0.3) is 0 Å². The molecule has 0 aliphatic rings. The minimum atomic E-state index is -3.58. The van der Waals surface area contributed by atoms with Gasteiger partial charge in [-0.1, -0.05) is 6.92 Å². The van der Waals surface area contributed by atoms with E-state index in [2.05, 4.69) is 20.0 Å². The van der Waals surface area contributed by atoms with Crippen molar-refractivity contribution in [3.05, 3.63) is 36.5 Å². The second kappa shape index (κ2) is 6.68. The van der Waals surface area contributed by atoms with E-state index in [1.54, 1.807) is 17.0 Å². The second-order valence-corrected chi connectivity index (χ2v) is 6.35. The normalized spacial score (nSPS) is 11.5. The number of hydrogen-bond donors (Lipinski definition) is 2. The number of sulfonamides is 1. The molecule has 0 radical (unpaired) electrons. The molecule has 2 aromatic heterocycles. The Labute approximate surface area is 124 Å². The quantitative estimate of drug-likeness (QED) is 0.800. The summed E-state index contributed by atoms with van der Waals surface area (Å²) in [4.78, 5) is 8.36. The zero-order valence-electron chi connectivity index (χ0n) is 12.1. The summed E-state index contributed by atoms with van der Waals surface area (Å²) >= 11 is 0. The van der Waals surface area contributed by atoms with Crippen molar-refractivity contribution in [1.82, 2.24) is 19.3 Å². The van der Waals surface area contributed by atoms with Gasteiger partial charge in [0.15, 0.2) is 0 Å². The lowest BCUT2D eigenvalue weighted by molar-refractivity contribution is 0.577. The number of imidazole rings is 1. The minimum absolute atomic E-state index is 0.145. The van der Waals surface area contributed by atoms with Crippen LogP contribution in [0, 0.1) is 0 Å². The summed E-state index contributed by atoms with van der Waals surface area (Å²) < 4.78 is 28.8. The molecule has 2 aromatic rings. The Hall–Kier alpha value is -1.93. The first-order valence-corrected chi connectivity index (χ1v) is 8.17. The average Bonchev–Trinajstić information content (AvgIpc) is 2.89. The highest BCUT2D eigenvalue weighted by molar-refractivity contribution is 7.89. The van der Waals surface area contributed by atoms with E-state index in [0.717, 1.165) is 13.0 Å². The predicted molar refractivity (Wildman–Crippen MR) is 80.3 cm³/mol. The summed E-state index contributed by atoms with van der Waals surface area (Å²) in [7, 11) is -1.77. The fourth-order valence-corrected chi connectivity index (χ4v) is 2.73. The van der Waals surface area contributed by atoms with Crippen LogP contribution in [0.25, 0.3) is 0 Å². The summed E-state index contributed by atoms with van der Waals surface area (Å²) in [6.07, 6.45) is 5.81. The van der Waals surface area contributed by atoms with Gasteiger partial charge in [-0.3, -0.25) is 0 Å². The Bertz CT molecular complexity index is 696. The second-order valence-electron chi connectivity index (χ2n) is 4.58. The molecule has 7 nitrogen and oxygen atoms in total. The van der Waals surface area contributed by atoms with Crippen LogP contribution >= 0.6 is 0 Å². The number of nitrogens with one attached hydrogen (secondary N) is 2. The molecule has 0 spiro atoms. The molecule has 0 atom stereocenters. The number of hydrogen-bond acceptors (Lipinski definition) is 5. The number of nitrogens with zero attached hydrogens (tertiary/aromatic N) is 3. The lowest BCUT2D eigenvalue weighted by atomic mass is 10.4. The first kappa shape index (κ1) is 15.5. The Morgan fingerprint density at radius 1 is 1.29 bits per heavy atom. The van der Waals surface area contributed by atoms with Crippen LogP contribution in [0.2, 0.25) is 0 Å². The van der Waals surface area contributed by atoms with E-state index < -0.39 is 10.0 Å². The molecule has 0 unspecified atom stereocenters. The summed E-state index contributed by atoms with van der Waals surface area (Å²) in [5, 5.41) is 3.07. The van der Waals surface area contributed by atoms with Gasteiger partial charge in [-0.05, 0) is 12.5 Å². The third-order valence-electron chi connectivity index (χ3n) is 2.94. The standard InChI is InChI=1S/C13H19N5O2S/c1-3-5-14-12-9-11(4-6-15-12)21(19,20)17-10-13-16-7-8-18(13)2/h4,6-9,17H,3,5,10H2,1-2H3,(H,14,15). The molecule has 2 heterocycles. The van der Waals surface area contributed by atoms with E-state index in [4.69, 9.17) is 0 Å². The van der Waals surface area contributed by atoms with Gasteiger partial charge in [0, 0.05) is 38.2 Å². The van der Waals surface area contributed by atoms with Gasteiger partial charge < -0.3 is 9.88 Å². The minimum Gasteiger partial charge on any atom is -0.370 e. The number of pyridine rings is 1. The Balaban J connectivity index is 2.10. The van der Waals surface area contributed by atoms with Gasteiger partial charge >= 0.3 is 0 Å². The number of aromatic nitrogens is 3. The molecule has 8 heteroatoms. The van der Waals surface area contributed by atoms with Crippen LogP contribution in [0.15, 0.2) is 35.6 Å². The largest absolute Gasteiger partial charge is 0.370 e. The zero-order valence-corrected chi connectivity index (χ0v) is 12.9. The van der Waals surface area contributed by atoms with Gasteiger partial charge in [0.2, 0.25) is 10.0 Å². The van der Waals surface area contributed by atoms with E-state index in [-0.39, 0.29) is 11.4 Å². The van der Waals surface area contributed by atoms with Crippen molar-refractivity contribution in [3.63, 3.8) is 0 Å². The Morgan fingerprint density at radius 3 is 2.76 bits per heavy atom. The van der Waals surface area contributed by atoms with Crippen molar-refractivity contribution in [1.29, 1.82) is 0 Å². The van der Waals surface area contributed by atoms with Crippen molar-refractivity contribution < 1.29 is 8.42 Å². The maximum atomic E-state index is 12.3. The zero-order chi connectivity index (χ0) is 15.3. The van der Waals surface area contributed by atoms with Crippen molar-refractivity contribution in [2.24, 2.45) is 7.05 Å². The third kappa shape index (κ3) is 4.02. The monoisotopic (exact) mass is 309 g/mol. The molecular weight excluding hydrogens is 290 g/mol. The van der Waals surface area contributed by atoms with Crippen LogP contribution in [0.3, 0.4) is 0 Å².